The first kappa shape index (κ1) is 20.2. The number of halogens is 1. The Hall–Kier alpha value is -2.53. The van der Waals surface area contributed by atoms with Crippen LogP contribution in [0.3, 0.4) is 0 Å². The van der Waals surface area contributed by atoms with E-state index in [0.717, 1.165) is 24.1 Å². The molecular formula is C23H25FN2OS. The molecule has 1 aromatic heterocycles. The molecule has 1 amide bonds. The molecule has 0 N–H and O–H groups in total. The van der Waals surface area contributed by atoms with Gasteiger partial charge in [-0.3, -0.25) is 4.79 Å². The van der Waals surface area contributed by atoms with E-state index in [9.17, 15) is 9.18 Å². The second kappa shape index (κ2) is 8.65. The largest absolute Gasteiger partial charge is 0.316 e. The number of carbonyl (C=O) groups excluding carboxylic acids is 1. The molecule has 1 heterocycles. The van der Waals surface area contributed by atoms with Gasteiger partial charge in [0, 0.05) is 11.4 Å². The van der Waals surface area contributed by atoms with E-state index in [1.165, 1.54) is 39.5 Å². The number of hydrogen-bond donors (Lipinski definition) is 0. The zero-order valence-electron chi connectivity index (χ0n) is 16.8. The van der Waals surface area contributed by atoms with Crippen molar-refractivity contribution in [3.05, 3.63) is 74.7 Å². The molecule has 0 spiro atoms. The van der Waals surface area contributed by atoms with E-state index < -0.39 is 11.7 Å². The molecule has 0 unspecified atom stereocenters. The molecule has 0 saturated heterocycles. The molecule has 0 aliphatic rings. The lowest BCUT2D eigenvalue weighted by Gasteiger charge is -2.11. The topological polar surface area (TPSA) is 34.4 Å². The first-order valence-corrected chi connectivity index (χ1v) is 10.4. The van der Waals surface area contributed by atoms with Crippen molar-refractivity contribution in [2.45, 2.75) is 47.1 Å². The number of nitrogens with zero attached hydrogens (tertiary/aromatic N) is 2. The van der Waals surface area contributed by atoms with E-state index in [-0.39, 0.29) is 5.56 Å². The van der Waals surface area contributed by atoms with Crippen LogP contribution in [-0.4, -0.2) is 10.5 Å². The Bertz CT molecular complexity index is 1080. The first-order valence-electron chi connectivity index (χ1n) is 9.60. The van der Waals surface area contributed by atoms with Gasteiger partial charge in [0.25, 0.3) is 5.91 Å². The van der Waals surface area contributed by atoms with Crippen LogP contribution in [0.2, 0.25) is 0 Å². The Morgan fingerprint density at radius 3 is 2.50 bits per heavy atom. The van der Waals surface area contributed by atoms with Crippen LogP contribution < -0.4 is 4.80 Å². The highest BCUT2D eigenvalue weighted by molar-refractivity contribution is 7.09. The third-order valence-electron chi connectivity index (χ3n) is 4.85. The maximum Gasteiger partial charge on any atom is 0.282 e. The number of benzene rings is 2. The summed E-state index contributed by atoms with van der Waals surface area (Å²) in [6.07, 6.45) is 1.92. The maximum absolute atomic E-state index is 14.0. The highest BCUT2D eigenvalue weighted by Gasteiger charge is 2.17. The Kier molecular flexibility index (Phi) is 6.25. The summed E-state index contributed by atoms with van der Waals surface area (Å²) in [5.41, 5.74) is 4.72. The number of thiazole rings is 1. The van der Waals surface area contributed by atoms with Crippen molar-refractivity contribution in [2.75, 3.05) is 0 Å². The van der Waals surface area contributed by atoms with Crippen LogP contribution in [0, 0.1) is 19.7 Å². The molecule has 0 aliphatic heterocycles. The lowest BCUT2D eigenvalue weighted by atomic mass is 10.0. The Labute approximate surface area is 169 Å². The zero-order valence-corrected chi connectivity index (χ0v) is 17.6. The number of hydrogen-bond acceptors (Lipinski definition) is 2. The predicted molar refractivity (Wildman–Crippen MR) is 113 cm³/mol. The Morgan fingerprint density at radius 1 is 1.11 bits per heavy atom. The minimum Gasteiger partial charge on any atom is -0.316 e. The van der Waals surface area contributed by atoms with Crippen LogP contribution in [0.4, 0.5) is 4.39 Å². The molecule has 0 fully saturated rings. The third-order valence-corrected chi connectivity index (χ3v) is 5.99. The Balaban J connectivity index is 2.19. The minimum atomic E-state index is -0.545. The molecule has 0 bridgehead atoms. The van der Waals surface area contributed by atoms with Gasteiger partial charge >= 0.3 is 0 Å². The van der Waals surface area contributed by atoms with Crippen molar-refractivity contribution in [1.82, 2.24) is 4.57 Å². The van der Waals surface area contributed by atoms with E-state index in [1.54, 1.807) is 12.1 Å². The van der Waals surface area contributed by atoms with Gasteiger partial charge in [-0.05, 0) is 62.1 Å². The maximum atomic E-state index is 14.0. The fourth-order valence-electron chi connectivity index (χ4n) is 3.22. The summed E-state index contributed by atoms with van der Waals surface area (Å²) < 4.78 is 16.1. The van der Waals surface area contributed by atoms with Crippen molar-refractivity contribution < 1.29 is 9.18 Å². The Morgan fingerprint density at radius 2 is 1.86 bits per heavy atom. The molecule has 28 heavy (non-hydrogen) atoms. The standard InChI is InChI=1S/C23H25FN2OS/c1-5-9-20-21(17-13-12-15(3)16(4)14-17)26(6-2)23(28-20)25-22(27)18-10-7-8-11-19(18)24/h7-8,10-14H,5-6,9H2,1-4H3. The molecule has 0 aliphatic carbocycles. The van der Waals surface area contributed by atoms with E-state index in [1.807, 2.05) is 6.92 Å². The fourth-order valence-corrected chi connectivity index (χ4v) is 4.53. The summed E-state index contributed by atoms with van der Waals surface area (Å²) in [6, 6.07) is 12.4. The van der Waals surface area contributed by atoms with Gasteiger partial charge in [0.1, 0.15) is 5.82 Å². The molecule has 3 nitrogen and oxygen atoms in total. The summed E-state index contributed by atoms with van der Waals surface area (Å²) in [7, 11) is 0. The smallest absolute Gasteiger partial charge is 0.282 e. The van der Waals surface area contributed by atoms with Gasteiger partial charge in [-0.25, -0.2) is 4.39 Å². The predicted octanol–water partition coefficient (Wildman–Crippen LogP) is 5.69. The van der Waals surface area contributed by atoms with Crippen LogP contribution in [-0.2, 0) is 13.0 Å². The van der Waals surface area contributed by atoms with Crippen LogP contribution in [0.25, 0.3) is 11.3 Å². The van der Waals surface area contributed by atoms with Gasteiger partial charge < -0.3 is 4.57 Å². The fraction of sp³-hybridized carbons (Fsp3) is 0.304. The molecule has 3 rings (SSSR count). The number of aromatic nitrogens is 1. The van der Waals surface area contributed by atoms with Crippen molar-refractivity contribution in [3.63, 3.8) is 0 Å². The first-order chi connectivity index (χ1) is 13.5. The van der Waals surface area contributed by atoms with E-state index in [0.29, 0.717) is 11.3 Å². The normalized spacial score (nSPS) is 11.8. The highest BCUT2D eigenvalue weighted by atomic mass is 32.1. The van der Waals surface area contributed by atoms with Gasteiger partial charge in [0.15, 0.2) is 4.80 Å². The number of rotatable bonds is 5. The van der Waals surface area contributed by atoms with Gasteiger partial charge in [-0.1, -0.05) is 37.6 Å². The van der Waals surface area contributed by atoms with Crippen molar-refractivity contribution >= 4 is 17.2 Å². The highest BCUT2D eigenvalue weighted by Crippen LogP contribution is 2.29. The van der Waals surface area contributed by atoms with Crippen LogP contribution in [0.1, 0.15) is 46.6 Å². The lowest BCUT2D eigenvalue weighted by molar-refractivity contribution is 0.0994. The van der Waals surface area contributed by atoms with Crippen molar-refractivity contribution in [1.29, 1.82) is 0 Å². The third kappa shape index (κ3) is 3.99. The zero-order chi connectivity index (χ0) is 20.3. The van der Waals surface area contributed by atoms with E-state index >= 15 is 0 Å². The van der Waals surface area contributed by atoms with Crippen LogP contribution in [0.15, 0.2) is 47.5 Å². The average molecular weight is 397 g/mol. The molecular weight excluding hydrogens is 371 g/mol. The summed E-state index contributed by atoms with van der Waals surface area (Å²) in [5, 5.41) is 0. The molecule has 0 radical (unpaired) electrons. The molecule has 146 valence electrons. The number of carbonyl (C=O) groups is 1. The monoisotopic (exact) mass is 396 g/mol. The van der Waals surface area contributed by atoms with E-state index in [4.69, 9.17) is 0 Å². The summed E-state index contributed by atoms with van der Waals surface area (Å²) in [6.45, 7) is 9.07. The molecule has 5 heteroatoms. The molecule has 2 aromatic carbocycles. The molecule has 3 aromatic rings. The second-order valence-electron chi connectivity index (χ2n) is 6.85. The van der Waals surface area contributed by atoms with Gasteiger partial charge in [-0.15, -0.1) is 11.3 Å². The lowest BCUT2D eigenvalue weighted by Crippen LogP contribution is -2.17. The van der Waals surface area contributed by atoms with Crippen molar-refractivity contribution in [2.24, 2.45) is 4.99 Å². The number of aryl methyl sites for hydroxylation is 3. The van der Waals surface area contributed by atoms with E-state index in [2.05, 4.69) is 48.5 Å². The number of amides is 1. The molecule has 0 atom stereocenters. The van der Waals surface area contributed by atoms with Gasteiger partial charge in [-0.2, -0.15) is 4.99 Å². The van der Waals surface area contributed by atoms with Crippen LogP contribution in [0.5, 0.6) is 0 Å². The van der Waals surface area contributed by atoms with Crippen LogP contribution >= 0.6 is 11.3 Å². The SMILES string of the molecule is CCCc1sc(=NC(=O)c2ccccc2F)n(CC)c1-c1ccc(C)c(C)c1. The van der Waals surface area contributed by atoms with Gasteiger partial charge in [0.2, 0.25) is 0 Å². The second-order valence-corrected chi connectivity index (χ2v) is 7.91. The minimum absolute atomic E-state index is 0.00308. The summed E-state index contributed by atoms with van der Waals surface area (Å²) >= 11 is 1.52. The quantitative estimate of drug-likeness (QED) is 0.546. The van der Waals surface area contributed by atoms with Gasteiger partial charge in [0.05, 0.1) is 11.3 Å². The average Bonchev–Trinajstić information content (AvgIpc) is 3.01. The summed E-state index contributed by atoms with van der Waals surface area (Å²) in [5.74, 6) is -1.09. The molecule has 0 saturated carbocycles. The van der Waals surface area contributed by atoms with Crippen molar-refractivity contribution in [3.8, 4) is 11.3 Å². The summed E-state index contributed by atoms with van der Waals surface area (Å²) in [4.78, 5) is 18.7.